The summed E-state index contributed by atoms with van der Waals surface area (Å²) in [6.45, 7) is 1.18. The van der Waals surface area contributed by atoms with E-state index in [1.807, 2.05) is 10.8 Å². The minimum absolute atomic E-state index is 0. The molecule has 98 valence electrons. The Morgan fingerprint density at radius 1 is 1.44 bits per heavy atom. The van der Waals surface area contributed by atoms with Crippen LogP contribution in [0.3, 0.4) is 0 Å². The zero-order valence-electron chi connectivity index (χ0n) is 9.18. The first-order valence-corrected chi connectivity index (χ1v) is 5.65. The molecule has 0 radical (unpaired) electrons. The van der Waals surface area contributed by atoms with E-state index in [-0.39, 0.29) is 12.4 Å². The van der Waals surface area contributed by atoms with Crippen molar-refractivity contribution in [1.82, 2.24) is 9.55 Å². The third-order valence-corrected chi connectivity index (χ3v) is 2.77. The molecule has 0 fully saturated rings. The lowest BCUT2D eigenvalue weighted by atomic mass is 10.6. The summed E-state index contributed by atoms with van der Waals surface area (Å²) >= 11 is 1.15. The number of hydrogen-bond donors (Lipinski definition) is 1. The number of nitrogens with zero attached hydrogens (tertiary/aromatic N) is 2. The molecule has 8 heteroatoms. The second-order valence-corrected chi connectivity index (χ2v) is 4.10. The Kier molecular flexibility index (Phi) is 5.47. The molecule has 0 atom stereocenters. The van der Waals surface area contributed by atoms with Crippen LogP contribution < -0.4 is 9.47 Å². The van der Waals surface area contributed by atoms with Crippen LogP contribution in [-0.2, 0) is 6.54 Å². The van der Waals surface area contributed by atoms with Gasteiger partial charge in [0.2, 0.25) is 0 Å². The van der Waals surface area contributed by atoms with Gasteiger partial charge in [-0.2, -0.15) is 0 Å². The van der Waals surface area contributed by atoms with Gasteiger partial charge in [-0.1, -0.05) is 11.3 Å². The SMILES string of the molecule is Cl.O=C(O)Oc1ccc(OCCn2ccnc2)s1. The maximum Gasteiger partial charge on any atom is 0.512 e. The number of thiophene rings is 1. The fraction of sp³-hybridized carbons (Fsp3) is 0.200. The van der Waals surface area contributed by atoms with Gasteiger partial charge in [0, 0.05) is 12.4 Å². The van der Waals surface area contributed by atoms with Crippen molar-refractivity contribution < 1.29 is 19.4 Å². The normalized spacial score (nSPS) is 9.56. The van der Waals surface area contributed by atoms with E-state index in [0.717, 1.165) is 11.3 Å². The molecule has 0 saturated carbocycles. The Bertz CT molecular complexity index is 486. The van der Waals surface area contributed by atoms with Gasteiger partial charge in [-0.25, -0.2) is 9.78 Å². The molecule has 6 nitrogen and oxygen atoms in total. The average Bonchev–Trinajstić information content (AvgIpc) is 2.89. The van der Waals surface area contributed by atoms with Crippen LogP contribution in [0.2, 0.25) is 0 Å². The second kappa shape index (κ2) is 6.87. The summed E-state index contributed by atoms with van der Waals surface area (Å²) in [7, 11) is 0. The molecule has 0 amide bonds. The van der Waals surface area contributed by atoms with E-state index in [9.17, 15) is 4.79 Å². The maximum atomic E-state index is 10.3. The summed E-state index contributed by atoms with van der Waals surface area (Å²) in [6, 6.07) is 3.24. The molecule has 0 spiro atoms. The second-order valence-electron chi connectivity index (χ2n) is 3.09. The van der Waals surface area contributed by atoms with Crippen molar-refractivity contribution in [3.63, 3.8) is 0 Å². The third-order valence-electron chi connectivity index (χ3n) is 1.90. The van der Waals surface area contributed by atoms with Crippen LogP contribution in [-0.4, -0.2) is 27.4 Å². The molecule has 0 aromatic carbocycles. The number of carboxylic acid groups (broad SMARTS) is 1. The van der Waals surface area contributed by atoms with Gasteiger partial charge in [0.05, 0.1) is 12.9 Å². The van der Waals surface area contributed by atoms with Crippen molar-refractivity contribution in [3.8, 4) is 10.1 Å². The summed E-state index contributed by atoms with van der Waals surface area (Å²) in [6.07, 6.45) is 3.93. The highest BCUT2D eigenvalue weighted by Gasteiger charge is 2.05. The predicted octanol–water partition coefficient (Wildman–Crippen LogP) is 2.50. The van der Waals surface area contributed by atoms with E-state index in [1.165, 1.54) is 0 Å². The lowest BCUT2D eigenvalue weighted by Gasteiger charge is -2.03. The summed E-state index contributed by atoms with van der Waals surface area (Å²) in [4.78, 5) is 14.2. The molecule has 2 rings (SSSR count). The van der Waals surface area contributed by atoms with E-state index in [4.69, 9.17) is 9.84 Å². The molecule has 0 aliphatic rings. The van der Waals surface area contributed by atoms with Crippen molar-refractivity contribution in [2.45, 2.75) is 6.54 Å². The van der Waals surface area contributed by atoms with Crippen molar-refractivity contribution in [3.05, 3.63) is 30.9 Å². The van der Waals surface area contributed by atoms with E-state index < -0.39 is 6.16 Å². The van der Waals surface area contributed by atoms with E-state index in [0.29, 0.717) is 23.3 Å². The molecule has 0 saturated heterocycles. The number of halogens is 1. The van der Waals surface area contributed by atoms with Gasteiger partial charge < -0.3 is 19.1 Å². The van der Waals surface area contributed by atoms with Gasteiger partial charge in [-0.3, -0.25) is 0 Å². The molecule has 0 bridgehead atoms. The molecule has 18 heavy (non-hydrogen) atoms. The van der Waals surface area contributed by atoms with Crippen LogP contribution >= 0.6 is 23.7 Å². The molecule has 1 N–H and O–H groups in total. The number of carbonyl (C=O) groups is 1. The molecule has 0 aliphatic carbocycles. The van der Waals surface area contributed by atoms with Gasteiger partial charge >= 0.3 is 6.16 Å². The highest BCUT2D eigenvalue weighted by atomic mass is 35.5. The summed E-state index contributed by atoms with van der Waals surface area (Å²) in [5.74, 6) is 0. The molecular formula is C10H11ClN2O4S. The first-order valence-electron chi connectivity index (χ1n) is 4.83. The van der Waals surface area contributed by atoms with Gasteiger partial charge in [0.1, 0.15) is 6.61 Å². The summed E-state index contributed by atoms with van der Waals surface area (Å²) in [5.41, 5.74) is 0. The topological polar surface area (TPSA) is 73.6 Å². The van der Waals surface area contributed by atoms with Crippen LogP contribution in [0.15, 0.2) is 30.9 Å². The highest BCUT2D eigenvalue weighted by molar-refractivity contribution is 7.15. The maximum absolute atomic E-state index is 10.3. The fourth-order valence-electron chi connectivity index (χ4n) is 1.19. The molecule has 2 aromatic heterocycles. The first kappa shape index (κ1) is 14.3. The number of rotatable bonds is 5. The average molecular weight is 291 g/mol. The Labute approximate surface area is 113 Å². The summed E-state index contributed by atoms with van der Waals surface area (Å²) < 4.78 is 11.8. The summed E-state index contributed by atoms with van der Waals surface area (Å²) in [5, 5.41) is 9.34. The number of imidazole rings is 1. The van der Waals surface area contributed by atoms with Gasteiger partial charge in [0.25, 0.3) is 0 Å². The zero-order chi connectivity index (χ0) is 12.1. The minimum Gasteiger partial charge on any atom is -0.482 e. The smallest absolute Gasteiger partial charge is 0.482 e. The van der Waals surface area contributed by atoms with Crippen molar-refractivity contribution in [1.29, 1.82) is 0 Å². The Morgan fingerprint density at radius 2 is 2.22 bits per heavy atom. The van der Waals surface area contributed by atoms with Crippen molar-refractivity contribution in [2.75, 3.05) is 6.61 Å². The molecule has 0 aliphatic heterocycles. The van der Waals surface area contributed by atoms with E-state index >= 15 is 0 Å². The predicted molar refractivity (Wildman–Crippen MR) is 67.9 cm³/mol. The number of aromatic nitrogens is 2. The van der Waals surface area contributed by atoms with Crippen LogP contribution in [0.4, 0.5) is 4.79 Å². The van der Waals surface area contributed by atoms with Gasteiger partial charge in [0.15, 0.2) is 10.1 Å². The quantitative estimate of drug-likeness (QED) is 0.857. The minimum atomic E-state index is -1.32. The van der Waals surface area contributed by atoms with E-state index in [2.05, 4.69) is 9.72 Å². The molecular weight excluding hydrogens is 280 g/mol. The van der Waals surface area contributed by atoms with Crippen molar-refractivity contribution >= 4 is 29.9 Å². The Morgan fingerprint density at radius 3 is 2.89 bits per heavy atom. The number of ether oxygens (including phenoxy) is 2. The zero-order valence-corrected chi connectivity index (χ0v) is 10.8. The Balaban J connectivity index is 0.00000162. The third kappa shape index (κ3) is 4.27. The van der Waals surface area contributed by atoms with Gasteiger partial charge in [-0.15, -0.1) is 12.4 Å². The van der Waals surface area contributed by atoms with Crippen LogP contribution in [0.1, 0.15) is 0 Å². The first-order chi connectivity index (χ1) is 8.24. The monoisotopic (exact) mass is 290 g/mol. The molecule has 0 unspecified atom stereocenters. The van der Waals surface area contributed by atoms with Crippen LogP contribution in [0, 0.1) is 0 Å². The Hall–Kier alpha value is -1.73. The molecule has 2 heterocycles. The van der Waals surface area contributed by atoms with Gasteiger partial charge in [-0.05, 0) is 12.1 Å². The lowest BCUT2D eigenvalue weighted by Crippen LogP contribution is -2.05. The standard InChI is InChI=1S/C10H10N2O4S.ClH/c13-10(14)16-9-2-1-8(17-9)15-6-5-12-4-3-11-7-12;/h1-4,7H,5-6H2,(H,13,14);1H. The lowest BCUT2D eigenvalue weighted by molar-refractivity contribution is 0.146. The van der Waals surface area contributed by atoms with Crippen LogP contribution in [0.25, 0.3) is 0 Å². The molecule has 2 aromatic rings. The van der Waals surface area contributed by atoms with E-state index in [1.54, 1.807) is 24.7 Å². The fourth-order valence-corrected chi connectivity index (χ4v) is 1.92. The largest absolute Gasteiger partial charge is 0.512 e. The number of hydrogen-bond acceptors (Lipinski definition) is 5. The van der Waals surface area contributed by atoms with Crippen molar-refractivity contribution in [2.24, 2.45) is 0 Å². The van der Waals surface area contributed by atoms with Crippen LogP contribution in [0.5, 0.6) is 10.1 Å². The highest BCUT2D eigenvalue weighted by Crippen LogP contribution is 2.30.